The molecule has 0 spiro atoms. The minimum atomic E-state index is 0.0844. The Kier molecular flexibility index (Phi) is 8.52. The summed E-state index contributed by atoms with van der Waals surface area (Å²) in [6.45, 7) is 4.58. The van der Waals surface area contributed by atoms with Crippen molar-refractivity contribution < 1.29 is 19.4 Å². The maximum Gasteiger partial charge on any atom is 0.237 e. The van der Waals surface area contributed by atoms with Crippen LogP contribution < -0.4 is 14.4 Å². The number of aliphatic hydroxyl groups excluding tert-OH is 1. The number of anilines is 1. The van der Waals surface area contributed by atoms with E-state index in [0.717, 1.165) is 69.0 Å². The van der Waals surface area contributed by atoms with Crippen LogP contribution in [0.3, 0.4) is 0 Å². The first-order chi connectivity index (χ1) is 18.1. The number of hydrogen-bond donors (Lipinski definition) is 1. The van der Waals surface area contributed by atoms with E-state index in [4.69, 9.17) is 9.47 Å². The highest BCUT2D eigenvalue weighted by molar-refractivity contribution is 5.79. The van der Waals surface area contributed by atoms with Crippen LogP contribution in [-0.4, -0.2) is 85.9 Å². The Labute approximate surface area is 221 Å². The van der Waals surface area contributed by atoms with Crippen molar-refractivity contribution in [3.63, 3.8) is 0 Å². The molecule has 3 aliphatic rings. The van der Waals surface area contributed by atoms with Crippen LogP contribution in [0.15, 0.2) is 48.5 Å². The van der Waals surface area contributed by atoms with E-state index in [1.807, 2.05) is 12.1 Å². The Bertz CT molecular complexity index is 1030. The van der Waals surface area contributed by atoms with E-state index in [0.29, 0.717) is 19.0 Å². The van der Waals surface area contributed by atoms with E-state index in [-0.39, 0.29) is 24.7 Å². The van der Waals surface area contributed by atoms with Crippen LogP contribution in [0.25, 0.3) is 0 Å². The number of carbonyl (C=O) groups excluding carboxylic acids is 1. The standard InChI is InChI=1S/C30H41N3O4/c1-36-28-12-11-25(18-29(28)37-27-9-5-6-10-27)32-15-16-33(26(20-32)17-23-7-3-2-4-8-23)30(35)21-31-14-13-24(19-31)22-34/h2-4,7-8,11-12,18,24,26-27,34H,5-6,9-10,13-17,19-22H2,1H3/t24-,26-/m0/s1. The van der Waals surface area contributed by atoms with Gasteiger partial charge in [0.25, 0.3) is 0 Å². The van der Waals surface area contributed by atoms with Gasteiger partial charge >= 0.3 is 0 Å². The van der Waals surface area contributed by atoms with Crippen molar-refractivity contribution in [3.05, 3.63) is 54.1 Å². The Morgan fingerprint density at radius 3 is 2.51 bits per heavy atom. The third-order valence-corrected chi connectivity index (χ3v) is 8.21. The molecule has 3 fully saturated rings. The first kappa shape index (κ1) is 25.9. The predicted molar refractivity (Wildman–Crippen MR) is 145 cm³/mol. The van der Waals surface area contributed by atoms with Crippen molar-refractivity contribution in [1.82, 2.24) is 9.80 Å². The number of amides is 1. The maximum absolute atomic E-state index is 13.5. The third-order valence-electron chi connectivity index (χ3n) is 8.21. The van der Waals surface area contributed by atoms with Crippen molar-refractivity contribution in [2.75, 3.05) is 57.9 Å². The van der Waals surface area contributed by atoms with Gasteiger partial charge in [-0.15, -0.1) is 0 Å². The van der Waals surface area contributed by atoms with E-state index < -0.39 is 0 Å². The molecule has 200 valence electrons. The van der Waals surface area contributed by atoms with Gasteiger partial charge in [0, 0.05) is 44.5 Å². The fourth-order valence-electron chi connectivity index (χ4n) is 6.11. The molecule has 1 aliphatic carbocycles. The molecule has 0 radical (unpaired) electrons. The normalized spacial score (nSPS) is 23.0. The molecule has 0 aromatic heterocycles. The lowest BCUT2D eigenvalue weighted by Crippen LogP contribution is -2.57. The molecule has 2 aromatic carbocycles. The maximum atomic E-state index is 13.5. The third kappa shape index (κ3) is 6.39. The second-order valence-corrected chi connectivity index (χ2v) is 10.8. The molecule has 2 saturated heterocycles. The minimum absolute atomic E-state index is 0.0844. The molecule has 1 amide bonds. The molecule has 7 nitrogen and oxygen atoms in total. The smallest absolute Gasteiger partial charge is 0.237 e. The quantitative estimate of drug-likeness (QED) is 0.560. The largest absolute Gasteiger partial charge is 0.493 e. The molecule has 37 heavy (non-hydrogen) atoms. The topological polar surface area (TPSA) is 65.5 Å². The predicted octanol–water partition coefficient (Wildman–Crippen LogP) is 3.59. The lowest BCUT2D eigenvalue weighted by atomic mass is 10.0. The number of aliphatic hydroxyl groups is 1. The molecular formula is C30H41N3O4. The molecule has 7 heteroatoms. The molecule has 2 aromatic rings. The van der Waals surface area contributed by atoms with Crippen molar-refractivity contribution in [3.8, 4) is 11.5 Å². The van der Waals surface area contributed by atoms with Gasteiger partial charge in [-0.25, -0.2) is 0 Å². The van der Waals surface area contributed by atoms with Gasteiger partial charge in [-0.05, 0) is 68.7 Å². The van der Waals surface area contributed by atoms with Crippen molar-refractivity contribution in [1.29, 1.82) is 0 Å². The van der Waals surface area contributed by atoms with Gasteiger partial charge < -0.3 is 24.4 Å². The Hall–Kier alpha value is -2.77. The molecule has 1 saturated carbocycles. The van der Waals surface area contributed by atoms with Crippen LogP contribution in [0.5, 0.6) is 11.5 Å². The number of likely N-dealkylation sites (tertiary alicyclic amines) is 1. The summed E-state index contributed by atoms with van der Waals surface area (Å²) in [4.78, 5) is 20.2. The first-order valence-corrected chi connectivity index (χ1v) is 13.9. The van der Waals surface area contributed by atoms with Crippen LogP contribution in [0.4, 0.5) is 5.69 Å². The number of methoxy groups -OCH3 is 1. The van der Waals surface area contributed by atoms with Crippen molar-refractivity contribution >= 4 is 11.6 Å². The van der Waals surface area contributed by atoms with E-state index in [9.17, 15) is 9.90 Å². The Balaban J connectivity index is 1.31. The molecule has 5 rings (SSSR count). The molecule has 2 aliphatic heterocycles. The van der Waals surface area contributed by atoms with Gasteiger partial charge in [0.2, 0.25) is 5.91 Å². The SMILES string of the molecule is COc1ccc(N2CCN(C(=O)CN3CC[C@H](CO)C3)[C@@H](Cc3ccccc3)C2)cc1OC1CCCC1. The van der Waals surface area contributed by atoms with Crippen LogP contribution >= 0.6 is 0 Å². The number of carbonyl (C=O) groups is 1. The van der Waals surface area contributed by atoms with Gasteiger partial charge in [-0.1, -0.05) is 30.3 Å². The summed E-state index contributed by atoms with van der Waals surface area (Å²) in [6, 6.07) is 16.8. The molecule has 2 atom stereocenters. The van der Waals surface area contributed by atoms with Crippen LogP contribution in [0.1, 0.15) is 37.7 Å². The van der Waals surface area contributed by atoms with Crippen LogP contribution in [0.2, 0.25) is 0 Å². The fraction of sp³-hybridized carbons (Fsp3) is 0.567. The first-order valence-electron chi connectivity index (χ1n) is 13.9. The Morgan fingerprint density at radius 2 is 1.78 bits per heavy atom. The number of nitrogens with zero attached hydrogens (tertiary/aromatic N) is 3. The molecule has 0 unspecified atom stereocenters. The van der Waals surface area contributed by atoms with Crippen molar-refractivity contribution in [2.45, 2.75) is 50.7 Å². The van der Waals surface area contributed by atoms with Gasteiger partial charge in [0.05, 0.1) is 25.8 Å². The number of hydrogen-bond acceptors (Lipinski definition) is 6. The lowest BCUT2D eigenvalue weighted by Gasteiger charge is -2.43. The van der Waals surface area contributed by atoms with Gasteiger partial charge in [0.15, 0.2) is 11.5 Å². The summed E-state index contributed by atoms with van der Waals surface area (Å²) < 4.78 is 12.0. The summed E-state index contributed by atoms with van der Waals surface area (Å²) in [6.07, 6.45) is 6.70. The minimum Gasteiger partial charge on any atom is -0.493 e. The number of piperazine rings is 1. The summed E-state index contributed by atoms with van der Waals surface area (Å²) in [5, 5.41) is 9.50. The van der Waals surface area contributed by atoms with E-state index >= 15 is 0 Å². The van der Waals surface area contributed by atoms with E-state index in [1.54, 1.807) is 7.11 Å². The van der Waals surface area contributed by atoms with E-state index in [2.05, 4.69) is 51.1 Å². The van der Waals surface area contributed by atoms with Crippen molar-refractivity contribution in [2.24, 2.45) is 5.92 Å². The second-order valence-electron chi connectivity index (χ2n) is 10.8. The average molecular weight is 508 g/mol. The number of rotatable bonds is 9. The zero-order valence-electron chi connectivity index (χ0n) is 22.1. The fourth-order valence-corrected chi connectivity index (χ4v) is 6.11. The summed E-state index contributed by atoms with van der Waals surface area (Å²) in [7, 11) is 1.69. The number of ether oxygens (including phenoxy) is 2. The highest BCUT2D eigenvalue weighted by Gasteiger charge is 2.33. The average Bonchev–Trinajstić information content (AvgIpc) is 3.61. The molecule has 2 heterocycles. The molecule has 0 bridgehead atoms. The zero-order valence-corrected chi connectivity index (χ0v) is 22.1. The monoisotopic (exact) mass is 507 g/mol. The summed E-state index contributed by atoms with van der Waals surface area (Å²) in [5.41, 5.74) is 2.36. The highest BCUT2D eigenvalue weighted by atomic mass is 16.5. The molecule has 1 N–H and O–H groups in total. The number of benzene rings is 2. The lowest BCUT2D eigenvalue weighted by molar-refractivity contribution is -0.135. The molecular weight excluding hydrogens is 466 g/mol. The van der Waals surface area contributed by atoms with Gasteiger partial charge in [-0.3, -0.25) is 9.69 Å². The zero-order chi connectivity index (χ0) is 25.6. The highest BCUT2D eigenvalue weighted by Crippen LogP contribution is 2.36. The second kappa shape index (κ2) is 12.2. The Morgan fingerprint density at radius 1 is 0.973 bits per heavy atom. The summed E-state index contributed by atoms with van der Waals surface area (Å²) in [5.74, 6) is 2.08. The summed E-state index contributed by atoms with van der Waals surface area (Å²) >= 11 is 0. The van der Waals surface area contributed by atoms with Crippen LogP contribution in [0, 0.1) is 5.92 Å². The van der Waals surface area contributed by atoms with Gasteiger partial charge in [-0.2, -0.15) is 0 Å². The van der Waals surface area contributed by atoms with E-state index in [1.165, 1.54) is 18.4 Å². The van der Waals surface area contributed by atoms with Crippen LogP contribution in [-0.2, 0) is 11.2 Å². The van der Waals surface area contributed by atoms with Gasteiger partial charge in [0.1, 0.15) is 0 Å².